The average Bonchev–Trinajstić information content (AvgIpc) is 2.28. The molecule has 0 bridgehead atoms. The van der Waals surface area contributed by atoms with Crippen molar-refractivity contribution in [2.45, 2.75) is 44.9 Å². The van der Waals surface area contributed by atoms with Gasteiger partial charge in [0.05, 0.1) is 0 Å². The van der Waals surface area contributed by atoms with E-state index in [2.05, 4.69) is 6.92 Å². The Hall–Kier alpha value is -1.18. The first-order valence-electron chi connectivity index (χ1n) is 6.03. The van der Waals surface area contributed by atoms with Gasteiger partial charge in [0, 0.05) is 12.3 Å². The summed E-state index contributed by atoms with van der Waals surface area (Å²) in [6.45, 7) is 2.12. The van der Waals surface area contributed by atoms with E-state index in [1.165, 1.54) is 6.07 Å². The summed E-state index contributed by atoms with van der Waals surface area (Å²) in [4.78, 5) is 11.9. The standard InChI is InChI=1S/C14H17FO/c1-2-3-4-13-12-7-6-11(15)9-10(12)5-8-14(13)16/h6-7,9,13H,2-5,8H2,1H3. The van der Waals surface area contributed by atoms with Crippen LogP contribution in [0.4, 0.5) is 4.39 Å². The Morgan fingerprint density at radius 2 is 2.19 bits per heavy atom. The molecule has 1 aromatic rings. The molecular formula is C14H17FO. The Morgan fingerprint density at radius 1 is 1.38 bits per heavy atom. The van der Waals surface area contributed by atoms with E-state index >= 15 is 0 Å². The summed E-state index contributed by atoms with van der Waals surface area (Å²) in [6.07, 6.45) is 4.35. The Bertz CT molecular complexity index is 398. The number of ketones is 1. The number of carbonyl (C=O) groups is 1. The Kier molecular flexibility index (Phi) is 3.37. The van der Waals surface area contributed by atoms with Crippen molar-refractivity contribution >= 4 is 5.78 Å². The van der Waals surface area contributed by atoms with Gasteiger partial charge in [0.2, 0.25) is 0 Å². The minimum absolute atomic E-state index is 0.0179. The predicted molar refractivity (Wildman–Crippen MR) is 62.0 cm³/mol. The van der Waals surface area contributed by atoms with Crippen LogP contribution in [0.5, 0.6) is 0 Å². The van der Waals surface area contributed by atoms with Crippen LogP contribution in [0.1, 0.15) is 49.7 Å². The first-order valence-corrected chi connectivity index (χ1v) is 6.03. The van der Waals surface area contributed by atoms with Crippen LogP contribution in [-0.4, -0.2) is 5.78 Å². The van der Waals surface area contributed by atoms with Gasteiger partial charge in [0.1, 0.15) is 11.6 Å². The first kappa shape index (κ1) is 11.3. The van der Waals surface area contributed by atoms with Crippen molar-refractivity contribution in [2.75, 3.05) is 0 Å². The molecule has 0 saturated heterocycles. The van der Waals surface area contributed by atoms with Crippen LogP contribution in [0.15, 0.2) is 18.2 Å². The van der Waals surface area contributed by atoms with E-state index in [-0.39, 0.29) is 11.7 Å². The van der Waals surface area contributed by atoms with Gasteiger partial charge in [-0.2, -0.15) is 0 Å². The fourth-order valence-corrected chi connectivity index (χ4v) is 2.46. The molecule has 0 aromatic heterocycles. The van der Waals surface area contributed by atoms with Crippen molar-refractivity contribution in [3.8, 4) is 0 Å². The van der Waals surface area contributed by atoms with E-state index in [0.717, 1.165) is 30.4 Å². The monoisotopic (exact) mass is 220 g/mol. The minimum atomic E-state index is -0.192. The van der Waals surface area contributed by atoms with Crippen molar-refractivity contribution in [3.05, 3.63) is 35.1 Å². The number of aryl methyl sites for hydroxylation is 1. The molecule has 0 amide bonds. The third-order valence-corrected chi connectivity index (χ3v) is 3.36. The molecule has 2 heteroatoms. The van der Waals surface area contributed by atoms with Crippen LogP contribution in [0, 0.1) is 5.82 Å². The minimum Gasteiger partial charge on any atom is -0.299 e. The molecule has 0 fully saturated rings. The third-order valence-electron chi connectivity index (χ3n) is 3.36. The van der Waals surface area contributed by atoms with E-state index in [0.29, 0.717) is 18.6 Å². The zero-order chi connectivity index (χ0) is 11.5. The van der Waals surface area contributed by atoms with Gasteiger partial charge in [-0.1, -0.05) is 25.8 Å². The van der Waals surface area contributed by atoms with E-state index in [1.807, 2.05) is 0 Å². The number of unbranched alkanes of at least 4 members (excludes halogenated alkanes) is 1. The second-order valence-corrected chi connectivity index (χ2v) is 4.50. The quantitative estimate of drug-likeness (QED) is 0.760. The van der Waals surface area contributed by atoms with Gasteiger partial charge in [-0.25, -0.2) is 4.39 Å². The Balaban J connectivity index is 2.29. The van der Waals surface area contributed by atoms with Crippen molar-refractivity contribution < 1.29 is 9.18 Å². The summed E-state index contributed by atoms with van der Waals surface area (Å²) in [5.74, 6) is 0.152. The number of hydrogen-bond acceptors (Lipinski definition) is 1. The normalized spacial score (nSPS) is 19.6. The van der Waals surface area contributed by atoms with E-state index in [4.69, 9.17) is 0 Å². The molecule has 1 unspecified atom stereocenters. The van der Waals surface area contributed by atoms with Gasteiger partial charge in [-0.15, -0.1) is 0 Å². The SMILES string of the molecule is CCCCC1C(=O)CCc2cc(F)ccc21. The molecule has 2 rings (SSSR count). The Labute approximate surface area is 95.7 Å². The molecule has 0 aliphatic heterocycles. The highest BCUT2D eigenvalue weighted by Gasteiger charge is 2.26. The molecule has 0 spiro atoms. The van der Waals surface area contributed by atoms with E-state index in [1.54, 1.807) is 12.1 Å². The molecule has 1 nitrogen and oxygen atoms in total. The number of rotatable bonds is 3. The summed E-state index contributed by atoms with van der Waals surface area (Å²) >= 11 is 0. The van der Waals surface area contributed by atoms with Crippen molar-refractivity contribution in [2.24, 2.45) is 0 Å². The topological polar surface area (TPSA) is 17.1 Å². The maximum Gasteiger partial charge on any atom is 0.140 e. The summed E-state index contributed by atoms with van der Waals surface area (Å²) < 4.78 is 13.1. The number of hydrogen-bond donors (Lipinski definition) is 0. The zero-order valence-corrected chi connectivity index (χ0v) is 9.63. The highest BCUT2D eigenvalue weighted by molar-refractivity contribution is 5.88. The fourth-order valence-electron chi connectivity index (χ4n) is 2.46. The maximum atomic E-state index is 13.1. The lowest BCUT2D eigenvalue weighted by atomic mass is 9.79. The van der Waals surface area contributed by atoms with Crippen LogP contribution < -0.4 is 0 Å². The van der Waals surface area contributed by atoms with Crippen molar-refractivity contribution in [1.29, 1.82) is 0 Å². The first-order chi connectivity index (χ1) is 7.72. The summed E-state index contributed by atoms with van der Waals surface area (Å²) in [7, 11) is 0. The van der Waals surface area contributed by atoms with Gasteiger partial charge in [-0.05, 0) is 36.1 Å². The van der Waals surface area contributed by atoms with Crippen LogP contribution in [0.2, 0.25) is 0 Å². The van der Waals surface area contributed by atoms with Crippen LogP contribution in [0.3, 0.4) is 0 Å². The number of halogens is 1. The van der Waals surface area contributed by atoms with Crippen LogP contribution in [-0.2, 0) is 11.2 Å². The number of Topliss-reactive ketones (excluding diaryl/α,β-unsaturated/α-hetero) is 1. The highest BCUT2D eigenvalue weighted by Crippen LogP contribution is 2.33. The molecule has 1 aliphatic carbocycles. The molecule has 1 aromatic carbocycles. The average molecular weight is 220 g/mol. The third kappa shape index (κ3) is 2.16. The van der Waals surface area contributed by atoms with Gasteiger partial charge in [0.15, 0.2) is 0 Å². The summed E-state index contributed by atoms with van der Waals surface area (Å²) in [6, 6.07) is 4.85. The van der Waals surface area contributed by atoms with Gasteiger partial charge in [-0.3, -0.25) is 4.79 Å². The van der Waals surface area contributed by atoms with Gasteiger partial charge in [0.25, 0.3) is 0 Å². The second-order valence-electron chi connectivity index (χ2n) is 4.50. The maximum absolute atomic E-state index is 13.1. The second kappa shape index (κ2) is 4.77. The molecule has 86 valence electrons. The Morgan fingerprint density at radius 3 is 2.94 bits per heavy atom. The predicted octanol–water partition coefficient (Wildman–Crippen LogP) is 3.61. The largest absolute Gasteiger partial charge is 0.299 e. The molecule has 16 heavy (non-hydrogen) atoms. The lowest BCUT2D eigenvalue weighted by Gasteiger charge is -2.24. The highest BCUT2D eigenvalue weighted by atomic mass is 19.1. The zero-order valence-electron chi connectivity index (χ0n) is 9.63. The molecular weight excluding hydrogens is 203 g/mol. The van der Waals surface area contributed by atoms with Gasteiger partial charge < -0.3 is 0 Å². The van der Waals surface area contributed by atoms with Gasteiger partial charge >= 0.3 is 0 Å². The van der Waals surface area contributed by atoms with Crippen molar-refractivity contribution in [1.82, 2.24) is 0 Å². The van der Waals surface area contributed by atoms with Crippen LogP contribution in [0.25, 0.3) is 0 Å². The molecule has 0 N–H and O–H groups in total. The molecule has 0 saturated carbocycles. The van der Waals surface area contributed by atoms with Crippen molar-refractivity contribution in [3.63, 3.8) is 0 Å². The lowest BCUT2D eigenvalue weighted by molar-refractivity contribution is -0.121. The van der Waals surface area contributed by atoms with E-state index < -0.39 is 0 Å². The smallest absolute Gasteiger partial charge is 0.140 e. The van der Waals surface area contributed by atoms with Crippen LogP contribution >= 0.6 is 0 Å². The fraction of sp³-hybridized carbons (Fsp3) is 0.500. The number of fused-ring (bicyclic) bond motifs is 1. The number of benzene rings is 1. The molecule has 0 radical (unpaired) electrons. The lowest BCUT2D eigenvalue weighted by Crippen LogP contribution is -2.20. The summed E-state index contributed by atoms with van der Waals surface area (Å²) in [5, 5.41) is 0. The van der Waals surface area contributed by atoms with E-state index in [9.17, 15) is 9.18 Å². The molecule has 0 heterocycles. The number of carbonyl (C=O) groups excluding carboxylic acids is 1. The molecule has 1 atom stereocenters. The summed E-state index contributed by atoms with van der Waals surface area (Å²) in [5.41, 5.74) is 2.09. The molecule has 1 aliphatic rings.